The summed E-state index contributed by atoms with van der Waals surface area (Å²) in [6.07, 6.45) is 4.08. The van der Waals surface area contributed by atoms with Gasteiger partial charge >= 0.3 is 0 Å². The third-order valence-corrected chi connectivity index (χ3v) is 5.17. The maximum absolute atomic E-state index is 4.66. The SMILES string of the molecule is CCNC(=NCc1csc(C(C)C)n1)NCCN1CCCCC1. The first-order chi connectivity index (χ1) is 11.2. The van der Waals surface area contributed by atoms with Gasteiger partial charge in [0.2, 0.25) is 0 Å². The summed E-state index contributed by atoms with van der Waals surface area (Å²) in [5.41, 5.74) is 1.06. The van der Waals surface area contributed by atoms with E-state index in [0.717, 1.165) is 31.3 Å². The number of nitrogens with one attached hydrogen (secondary N) is 2. The molecule has 2 N–H and O–H groups in total. The fraction of sp³-hybridized carbons (Fsp3) is 0.765. The number of rotatable bonds is 7. The molecule has 0 atom stereocenters. The zero-order valence-corrected chi connectivity index (χ0v) is 15.6. The van der Waals surface area contributed by atoms with Crippen LogP contribution in [0.4, 0.5) is 0 Å². The molecule has 0 aromatic carbocycles. The van der Waals surface area contributed by atoms with Crippen LogP contribution in [0.2, 0.25) is 0 Å². The fourth-order valence-electron chi connectivity index (χ4n) is 2.68. The lowest BCUT2D eigenvalue weighted by Crippen LogP contribution is -2.42. The van der Waals surface area contributed by atoms with Crippen LogP contribution in [0.25, 0.3) is 0 Å². The van der Waals surface area contributed by atoms with E-state index in [0.29, 0.717) is 12.5 Å². The Labute approximate surface area is 144 Å². The monoisotopic (exact) mass is 337 g/mol. The number of nitrogens with zero attached hydrogens (tertiary/aromatic N) is 3. The van der Waals surface area contributed by atoms with E-state index >= 15 is 0 Å². The van der Waals surface area contributed by atoms with Gasteiger partial charge in [-0.15, -0.1) is 11.3 Å². The van der Waals surface area contributed by atoms with Crippen LogP contribution in [0.15, 0.2) is 10.4 Å². The van der Waals surface area contributed by atoms with Crippen molar-refractivity contribution in [3.63, 3.8) is 0 Å². The average Bonchev–Trinajstić information content (AvgIpc) is 3.03. The Morgan fingerprint density at radius 3 is 2.74 bits per heavy atom. The second kappa shape index (κ2) is 9.88. The predicted molar refractivity (Wildman–Crippen MR) is 99.3 cm³/mol. The van der Waals surface area contributed by atoms with Gasteiger partial charge in [0.1, 0.15) is 0 Å². The maximum Gasteiger partial charge on any atom is 0.191 e. The normalized spacial score (nSPS) is 16.8. The van der Waals surface area contributed by atoms with Gasteiger partial charge in [0.15, 0.2) is 5.96 Å². The predicted octanol–water partition coefficient (Wildman–Crippen LogP) is 2.81. The van der Waals surface area contributed by atoms with Gasteiger partial charge in [0.05, 0.1) is 17.2 Å². The molecule has 0 amide bonds. The van der Waals surface area contributed by atoms with Crippen LogP contribution in [-0.4, -0.2) is 48.6 Å². The van der Waals surface area contributed by atoms with Crippen LogP contribution in [0.5, 0.6) is 0 Å². The van der Waals surface area contributed by atoms with E-state index in [-0.39, 0.29) is 0 Å². The van der Waals surface area contributed by atoms with Gasteiger partial charge in [-0.2, -0.15) is 0 Å². The lowest BCUT2D eigenvalue weighted by Gasteiger charge is -2.26. The molecule has 1 aliphatic heterocycles. The Bertz CT molecular complexity index is 477. The highest BCUT2D eigenvalue weighted by atomic mass is 32.1. The largest absolute Gasteiger partial charge is 0.357 e. The molecule has 23 heavy (non-hydrogen) atoms. The molecule has 130 valence electrons. The van der Waals surface area contributed by atoms with Crippen molar-refractivity contribution in [1.82, 2.24) is 20.5 Å². The fourth-order valence-corrected chi connectivity index (χ4v) is 3.50. The molecule has 0 aliphatic carbocycles. The molecular weight excluding hydrogens is 306 g/mol. The van der Waals surface area contributed by atoms with Crippen molar-refractivity contribution in [2.24, 2.45) is 4.99 Å². The highest BCUT2D eigenvalue weighted by Crippen LogP contribution is 2.19. The average molecular weight is 338 g/mol. The molecule has 1 aromatic rings. The van der Waals surface area contributed by atoms with E-state index in [2.05, 4.69) is 51.7 Å². The third-order valence-electron chi connectivity index (χ3n) is 3.98. The topological polar surface area (TPSA) is 52.6 Å². The van der Waals surface area contributed by atoms with Crippen LogP contribution >= 0.6 is 11.3 Å². The van der Waals surface area contributed by atoms with Crippen LogP contribution in [-0.2, 0) is 6.54 Å². The van der Waals surface area contributed by atoms with Crippen molar-refractivity contribution in [1.29, 1.82) is 0 Å². The summed E-state index contributed by atoms with van der Waals surface area (Å²) in [5, 5.41) is 10.1. The van der Waals surface area contributed by atoms with E-state index in [1.165, 1.54) is 37.4 Å². The van der Waals surface area contributed by atoms with E-state index in [1.807, 2.05) is 0 Å². The van der Waals surface area contributed by atoms with Crippen LogP contribution in [0, 0.1) is 0 Å². The molecule has 1 fully saturated rings. The number of hydrogen-bond donors (Lipinski definition) is 2. The van der Waals surface area contributed by atoms with Gasteiger partial charge in [-0.05, 0) is 32.9 Å². The van der Waals surface area contributed by atoms with E-state index in [1.54, 1.807) is 11.3 Å². The van der Waals surface area contributed by atoms with Crippen LogP contribution < -0.4 is 10.6 Å². The second-order valence-electron chi connectivity index (χ2n) is 6.36. The molecule has 2 heterocycles. The van der Waals surface area contributed by atoms with E-state index in [4.69, 9.17) is 0 Å². The maximum atomic E-state index is 4.66. The first-order valence-corrected chi connectivity index (χ1v) is 9.76. The van der Waals surface area contributed by atoms with Gasteiger partial charge in [0.25, 0.3) is 0 Å². The molecule has 0 saturated carbocycles. The number of thiazole rings is 1. The first-order valence-electron chi connectivity index (χ1n) is 8.88. The standard InChI is InChI=1S/C17H31N5S/c1-4-18-17(19-8-11-22-9-6-5-7-10-22)20-12-15-13-23-16(21-15)14(2)3/h13-14H,4-12H2,1-3H3,(H2,18,19,20). The number of guanidine groups is 1. The molecular formula is C17H31N5S. The molecule has 0 unspecified atom stereocenters. The molecule has 2 rings (SSSR count). The quantitative estimate of drug-likeness (QED) is 0.593. The zero-order valence-electron chi connectivity index (χ0n) is 14.8. The Morgan fingerprint density at radius 1 is 1.30 bits per heavy atom. The van der Waals surface area contributed by atoms with Gasteiger partial charge in [-0.25, -0.2) is 9.98 Å². The van der Waals surface area contributed by atoms with Gasteiger partial charge in [-0.3, -0.25) is 0 Å². The van der Waals surface area contributed by atoms with Crippen molar-refractivity contribution in [2.45, 2.75) is 52.5 Å². The van der Waals surface area contributed by atoms with Crippen LogP contribution in [0.1, 0.15) is 56.7 Å². The van der Waals surface area contributed by atoms with Crippen molar-refractivity contribution in [3.8, 4) is 0 Å². The summed E-state index contributed by atoms with van der Waals surface area (Å²) in [4.78, 5) is 11.8. The van der Waals surface area contributed by atoms with Crippen molar-refractivity contribution in [3.05, 3.63) is 16.1 Å². The third kappa shape index (κ3) is 6.47. The van der Waals surface area contributed by atoms with Gasteiger partial charge in [0, 0.05) is 30.9 Å². The number of aromatic nitrogens is 1. The first kappa shape index (κ1) is 18.2. The Kier molecular flexibility index (Phi) is 7.82. The van der Waals surface area contributed by atoms with Gasteiger partial charge in [-0.1, -0.05) is 20.3 Å². The summed E-state index contributed by atoms with van der Waals surface area (Å²) in [6.45, 7) is 12.5. The van der Waals surface area contributed by atoms with Crippen molar-refractivity contribution < 1.29 is 0 Å². The lowest BCUT2D eigenvalue weighted by molar-refractivity contribution is 0.232. The molecule has 6 heteroatoms. The molecule has 1 aromatic heterocycles. The highest BCUT2D eigenvalue weighted by molar-refractivity contribution is 7.09. The lowest BCUT2D eigenvalue weighted by atomic mass is 10.1. The van der Waals surface area contributed by atoms with Crippen molar-refractivity contribution in [2.75, 3.05) is 32.7 Å². The summed E-state index contributed by atoms with van der Waals surface area (Å²) < 4.78 is 0. The molecule has 5 nitrogen and oxygen atoms in total. The summed E-state index contributed by atoms with van der Waals surface area (Å²) in [7, 11) is 0. The van der Waals surface area contributed by atoms with E-state index < -0.39 is 0 Å². The van der Waals surface area contributed by atoms with Gasteiger partial charge < -0.3 is 15.5 Å². The number of aliphatic imine (C=N–C) groups is 1. The molecule has 0 bridgehead atoms. The molecule has 1 aliphatic rings. The summed E-state index contributed by atoms with van der Waals surface area (Å²) in [5.74, 6) is 1.39. The minimum atomic E-state index is 0.494. The molecule has 0 spiro atoms. The van der Waals surface area contributed by atoms with Crippen molar-refractivity contribution >= 4 is 17.3 Å². The number of likely N-dealkylation sites (tertiary alicyclic amines) is 1. The molecule has 0 radical (unpaired) electrons. The Balaban J connectivity index is 1.78. The summed E-state index contributed by atoms with van der Waals surface area (Å²) >= 11 is 1.73. The summed E-state index contributed by atoms with van der Waals surface area (Å²) in [6, 6.07) is 0. The number of hydrogen-bond acceptors (Lipinski definition) is 4. The van der Waals surface area contributed by atoms with Crippen LogP contribution in [0.3, 0.4) is 0 Å². The Morgan fingerprint density at radius 2 is 2.09 bits per heavy atom. The Hall–Kier alpha value is -1.14. The highest BCUT2D eigenvalue weighted by Gasteiger charge is 2.09. The molecule has 1 saturated heterocycles. The second-order valence-corrected chi connectivity index (χ2v) is 7.25. The minimum absolute atomic E-state index is 0.494. The smallest absolute Gasteiger partial charge is 0.191 e. The zero-order chi connectivity index (χ0) is 16.5. The minimum Gasteiger partial charge on any atom is -0.357 e. The van der Waals surface area contributed by atoms with E-state index in [9.17, 15) is 0 Å². The number of piperidine rings is 1.